The molecule has 45 heavy (non-hydrogen) atoms. The van der Waals surface area contributed by atoms with Gasteiger partial charge in [-0.15, -0.1) is 0 Å². The van der Waals surface area contributed by atoms with Crippen molar-refractivity contribution in [1.82, 2.24) is 25.8 Å². The molecule has 0 saturated heterocycles. The Hall–Kier alpha value is -2.94. The van der Waals surface area contributed by atoms with E-state index in [0.29, 0.717) is 23.4 Å². The summed E-state index contributed by atoms with van der Waals surface area (Å²) in [6, 6.07) is 13.9. The zero-order valence-electron chi connectivity index (χ0n) is 28.1. The highest BCUT2D eigenvalue weighted by Crippen LogP contribution is 2.34. The Morgan fingerprint density at radius 2 is 1.62 bits per heavy atom. The molecule has 0 heterocycles. The van der Waals surface area contributed by atoms with Gasteiger partial charge in [0.2, 0.25) is 11.8 Å². The van der Waals surface area contributed by atoms with Crippen molar-refractivity contribution < 1.29 is 14.4 Å². The van der Waals surface area contributed by atoms with Crippen molar-refractivity contribution in [2.45, 2.75) is 96.3 Å². The van der Waals surface area contributed by atoms with E-state index in [2.05, 4.69) is 53.0 Å². The van der Waals surface area contributed by atoms with E-state index in [4.69, 9.17) is 11.6 Å². The molecular weight excluding hydrogens is 586 g/mol. The van der Waals surface area contributed by atoms with Crippen LogP contribution < -0.4 is 16.0 Å². The Morgan fingerprint density at radius 1 is 0.911 bits per heavy atom. The molecule has 0 aromatic heterocycles. The van der Waals surface area contributed by atoms with E-state index in [1.54, 1.807) is 12.1 Å². The molecule has 1 aliphatic rings. The standard InChI is InChI=1S/C36H54ClN5O3/c1-7-31(38-34(43)27-18-16-26(17-19-27)24-42(6)21-11-20-41(4)5)35(44)40-33(22-25(2)3)36(45)39-32-15-9-8-14-30(32)28-12-10-13-29(37)23-28/h10,12-13,16-19,23,25,30-33H,7-9,11,14-15,20-22,24H2,1-6H3,(H,38,43)(H,39,45)(H,40,44)/t30-,31-,32?,33-/m0/s1. The molecule has 0 aliphatic heterocycles. The first-order valence-corrected chi connectivity index (χ1v) is 16.9. The van der Waals surface area contributed by atoms with Gasteiger partial charge in [-0.05, 0) is 108 Å². The molecule has 8 nitrogen and oxygen atoms in total. The fourth-order valence-corrected chi connectivity index (χ4v) is 6.30. The number of rotatable bonds is 16. The molecule has 2 aromatic rings. The van der Waals surface area contributed by atoms with Crippen LogP contribution in [0.15, 0.2) is 48.5 Å². The zero-order valence-corrected chi connectivity index (χ0v) is 28.8. The van der Waals surface area contributed by atoms with Crippen molar-refractivity contribution in [2.75, 3.05) is 34.2 Å². The highest BCUT2D eigenvalue weighted by atomic mass is 35.5. The van der Waals surface area contributed by atoms with Gasteiger partial charge in [-0.1, -0.05) is 69.5 Å². The number of carbonyl (C=O) groups is 3. The molecule has 1 saturated carbocycles. The number of nitrogens with zero attached hydrogens (tertiary/aromatic N) is 2. The van der Waals surface area contributed by atoms with Crippen LogP contribution in [0.1, 0.15) is 93.1 Å². The van der Waals surface area contributed by atoms with E-state index < -0.39 is 12.1 Å². The maximum Gasteiger partial charge on any atom is 0.251 e. The Morgan fingerprint density at radius 3 is 2.27 bits per heavy atom. The zero-order chi connectivity index (χ0) is 32.9. The maximum atomic E-state index is 13.6. The number of hydrogen-bond donors (Lipinski definition) is 3. The maximum absolute atomic E-state index is 13.6. The van der Waals surface area contributed by atoms with Gasteiger partial charge in [-0.2, -0.15) is 0 Å². The first-order chi connectivity index (χ1) is 21.5. The van der Waals surface area contributed by atoms with Gasteiger partial charge in [-0.3, -0.25) is 14.4 Å². The number of halogens is 1. The lowest BCUT2D eigenvalue weighted by atomic mass is 9.80. The van der Waals surface area contributed by atoms with E-state index in [1.165, 1.54) is 0 Å². The van der Waals surface area contributed by atoms with Gasteiger partial charge < -0.3 is 25.8 Å². The summed E-state index contributed by atoms with van der Waals surface area (Å²) in [6.07, 6.45) is 6.00. The van der Waals surface area contributed by atoms with E-state index in [0.717, 1.165) is 62.9 Å². The van der Waals surface area contributed by atoms with Crippen LogP contribution in [0.4, 0.5) is 0 Å². The third kappa shape index (κ3) is 12.1. The molecule has 3 amide bonds. The van der Waals surface area contributed by atoms with Crippen LogP contribution in [0.25, 0.3) is 0 Å². The largest absolute Gasteiger partial charge is 0.351 e. The molecule has 2 aromatic carbocycles. The van der Waals surface area contributed by atoms with Crippen LogP contribution in [0, 0.1) is 5.92 Å². The summed E-state index contributed by atoms with van der Waals surface area (Å²) in [5.41, 5.74) is 2.76. The van der Waals surface area contributed by atoms with Crippen molar-refractivity contribution in [3.05, 3.63) is 70.2 Å². The van der Waals surface area contributed by atoms with Crippen LogP contribution in [-0.4, -0.2) is 79.9 Å². The average molecular weight is 640 g/mol. The van der Waals surface area contributed by atoms with Crippen molar-refractivity contribution in [1.29, 1.82) is 0 Å². The molecule has 0 spiro atoms. The average Bonchev–Trinajstić information content (AvgIpc) is 2.99. The summed E-state index contributed by atoms with van der Waals surface area (Å²) < 4.78 is 0. The lowest BCUT2D eigenvalue weighted by molar-refractivity contribution is -0.131. The summed E-state index contributed by atoms with van der Waals surface area (Å²) in [6.45, 7) is 8.76. The van der Waals surface area contributed by atoms with Gasteiger partial charge >= 0.3 is 0 Å². The summed E-state index contributed by atoms with van der Waals surface area (Å²) in [7, 11) is 6.25. The molecular formula is C36H54ClN5O3. The molecule has 0 bridgehead atoms. The topological polar surface area (TPSA) is 93.8 Å². The fraction of sp³-hybridized carbons (Fsp3) is 0.583. The molecule has 3 rings (SSSR count). The summed E-state index contributed by atoms with van der Waals surface area (Å²) in [4.78, 5) is 44.6. The SMILES string of the molecule is CC[C@H](NC(=O)c1ccc(CN(C)CCCN(C)C)cc1)C(=O)N[C@@H](CC(C)C)C(=O)NC1CCCC[C@H]1c1cccc(Cl)c1. The smallest absolute Gasteiger partial charge is 0.251 e. The van der Waals surface area contributed by atoms with Crippen LogP contribution in [0.5, 0.6) is 0 Å². The predicted octanol–water partition coefficient (Wildman–Crippen LogP) is 5.61. The van der Waals surface area contributed by atoms with Crippen molar-refractivity contribution >= 4 is 29.3 Å². The molecule has 1 unspecified atom stereocenters. The second-order valence-corrected chi connectivity index (χ2v) is 13.7. The molecule has 3 N–H and O–H groups in total. The lowest BCUT2D eigenvalue weighted by Crippen LogP contribution is -2.55. The highest BCUT2D eigenvalue weighted by Gasteiger charge is 2.32. The van der Waals surface area contributed by atoms with E-state index in [9.17, 15) is 14.4 Å². The van der Waals surface area contributed by atoms with Crippen molar-refractivity contribution in [3.63, 3.8) is 0 Å². The normalized spacial score (nSPS) is 18.1. The minimum atomic E-state index is -0.753. The van der Waals surface area contributed by atoms with Crippen molar-refractivity contribution in [3.8, 4) is 0 Å². The van der Waals surface area contributed by atoms with Crippen LogP contribution in [0.3, 0.4) is 0 Å². The minimum absolute atomic E-state index is 0.0289. The van der Waals surface area contributed by atoms with E-state index >= 15 is 0 Å². The molecule has 0 radical (unpaired) electrons. The van der Waals surface area contributed by atoms with Gasteiger partial charge in [0.1, 0.15) is 12.1 Å². The third-order valence-electron chi connectivity index (χ3n) is 8.55. The third-order valence-corrected chi connectivity index (χ3v) is 8.79. The van der Waals surface area contributed by atoms with Gasteiger partial charge in [0.15, 0.2) is 0 Å². The van der Waals surface area contributed by atoms with Crippen LogP contribution >= 0.6 is 11.6 Å². The van der Waals surface area contributed by atoms with E-state index in [1.807, 2.05) is 51.1 Å². The number of carbonyl (C=O) groups excluding carboxylic acids is 3. The van der Waals surface area contributed by atoms with E-state index in [-0.39, 0.29) is 35.6 Å². The minimum Gasteiger partial charge on any atom is -0.351 e. The Kier molecular flexibility index (Phi) is 14.8. The molecule has 1 aliphatic carbocycles. The number of amides is 3. The molecule has 1 fully saturated rings. The summed E-state index contributed by atoms with van der Waals surface area (Å²) in [5, 5.41) is 9.81. The second-order valence-electron chi connectivity index (χ2n) is 13.3. The lowest BCUT2D eigenvalue weighted by Gasteiger charge is -2.34. The Labute approximate surface area is 275 Å². The molecule has 248 valence electrons. The number of nitrogens with one attached hydrogen (secondary N) is 3. The van der Waals surface area contributed by atoms with Crippen molar-refractivity contribution in [2.24, 2.45) is 5.92 Å². The van der Waals surface area contributed by atoms with Gasteiger partial charge in [0.25, 0.3) is 5.91 Å². The quantitative estimate of drug-likeness (QED) is 0.222. The Bertz CT molecular complexity index is 1240. The summed E-state index contributed by atoms with van der Waals surface area (Å²) >= 11 is 6.28. The van der Waals surface area contributed by atoms with Gasteiger partial charge in [-0.25, -0.2) is 0 Å². The van der Waals surface area contributed by atoms with Crippen LogP contribution in [0.2, 0.25) is 5.02 Å². The summed E-state index contributed by atoms with van der Waals surface area (Å²) in [5.74, 6) is -0.470. The number of benzene rings is 2. The number of hydrogen-bond acceptors (Lipinski definition) is 5. The molecule has 9 heteroatoms. The fourth-order valence-electron chi connectivity index (χ4n) is 6.10. The van der Waals surface area contributed by atoms with Gasteiger partial charge in [0.05, 0.1) is 0 Å². The van der Waals surface area contributed by atoms with Crippen LogP contribution in [-0.2, 0) is 16.1 Å². The second kappa shape index (κ2) is 18.3. The Balaban J connectivity index is 1.60. The molecule has 4 atom stereocenters. The first-order valence-electron chi connectivity index (χ1n) is 16.6. The van der Waals surface area contributed by atoms with Gasteiger partial charge in [0, 0.05) is 29.1 Å². The highest BCUT2D eigenvalue weighted by molar-refractivity contribution is 6.30. The first kappa shape index (κ1) is 36.5. The predicted molar refractivity (Wildman–Crippen MR) is 183 cm³/mol. The monoisotopic (exact) mass is 639 g/mol.